The van der Waals surface area contributed by atoms with Crippen LogP contribution >= 0.6 is 0 Å². The Labute approximate surface area is 236 Å². The molecule has 2 amide bonds. The summed E-state index contributed by atoms with van der Waals surface area (Å²) in [6, 6.07) is 0.311. The van der Waals surface area contributed by atoms with Crippen LogP contribution in [0.2, 0.25) is 6.04 Å². The molecular weight excluding hydrogens is 518 g/mol. The number of hydrogen-bond donors (Lipinski definition) is 2. The molecule has 226 valence electrons. The zero-order valence-electron chi connectivity index (χ0n) is 25.3. The summed E-state index contributed by atoms with van der Waals surface area (Å²) in [6.07, 6.45) is 9.19. The Balaban J connectivity index is 2.78. The molecule has 10 nitrogen and oxygen atoms in total. The number of nitrogens with one attached hydrogen (secondary N) is 1. The predicted octanol–water partition coefficient (Wildman–Crippen LogP) is 5.39. The molecule has 0 heterocycles. The molecular formula is C28H53N3O7Si. The van der Waals surface area contributed by atoms with Gasteiger partial charge in [0.05, 0.1) is 6.04 Å². The SMILES string of the molecule is CCCCCC(CCCC(=O)NCCC[Si](OC)(OC)OC)N(CC1(C)CC(N=C=O)CC(C)(C)C1)C(=O)O. The van der Waals surface area contributed by atoms with Crippen molar-refractivity contribution < 1.29 is 32.8 Å². The highest BCUT2D eigenvalue weighted by atomic mass is 28.4. The monoisotopic (exact) mass is 571 g/mol. The second-order valence-corrected chi connectivity index (χ2v) is 15.2. The van der Waals surface area contributed by atoms with Crippen LogP contribution in [0.25, 0.3) is 0 Å². The van der Waals surface area contributed by atoms with Crippen LogP contribution in [0, 0.1) is 10.8 Å². The Morgan fingerprint density at radius 2 is 1.72 bits per heavy atom. The Kier molecular flexibility index (Phi) is 15.5. The fourth-order valence-electron chi connectivity index (χ4n) is 6.39. The first-order valence-corrected chi connectivity index (χ1v) is 16.3. The second-order valence-electron chi connectivity index (χ2n) is 12.1. The first-order chi connectivity index (χ1) is 18.4. The van der Waals surface area contributed by atoms with Crippen LogP contribution in [-0.4, -0.2) is 83.4 Å². The molecule has 1 fully saturated rings. The van der Waals surface area contributed by atoms with Gasteiger partial charge in [-0.25, -0.2) is 14.6 Å². The summed E-state index contributed by atoms with van der Waals surface area (Å²) < 4.78 is 16.2. The van der Waals surface area contributed by atoms with Crippen molar-refractivity contribution >= 4 is 26.9 Å². The minimum Gasteiger partial charge on any atom is -0.465 e. The highest BCUT2D eigenvalue weighted by molar-refractivity contribution is 6.60. The molecule has 0 aromatic carbocycles. The Morgan fingerprint density at radius 1 is 1.08 bits per heavy atom. The fourth-order valence-corrected chi connectivity index (χ4v) is 8.11. The Hall–Kier alpha value is -1.78. The molecule has 11 heteroatoms. The van der Waals surface area contributed by atoms with E-state index in [4.69, 9.17) is 13.3 Å². The normalized spacial score (nSPS) is 21.6. The maximum Gasteiger partial charge on any atom is 0.500 e. The molecule has 1 saturated carbocycles. The highest BCUT2D eigenvalue weighted by Crippen LogP contribution is 2.47. The van der Waals surface area contributed by atoms with Crippen molar-refractivity contribution in [3.05, 3.63) is 0 Å². The van der Waals surface area contributed by atoms with Gasteiger partial charge in [0.25, 0.3) is 0 Å². The second kappa shape index (κ2) is 17.1. The van der Waals surface area contributed by atoms with E-state index in [-0.39, 0.29) is 28.8 Å². The molecule has 0 aromatic rings. The summed E-state index contributed by atoms with van der Waals surface area (Å²) in [4.78, 5) is 41.6. The molecule has 1 aliphatic rings. The third-order valence-electron chi connectivity index (χ3n) is 7.89. The zero-order chi connectivity index (χ0) is 29.5. The first kappa shape index (κ1) is 35.2. The van der Waals surface area contributed by atoms with Crippen LogP contribution in [0.3, 0.4) is 0 Å². The molecule has 3 atom stereocenters. The van der Waals surface area contributed by atoms with Gasteiger partial charge in [-0.15, -0.1) is 0 Å². The summed E-state index contributed by atoms with van der Waals surface area (Å²) in [7, 11) is 2.06. The molecule has 1 rings (SSSR count). The predicted molar refractivity (Wildman–Crippen MR) is 153 cm³/mol. The number of amides is 2. The summed E-state index contributed by atoms with van der Waals surface area (Å²) in [5, 5.41) is 13.2. The van der Waals surface area contributed by atoms with Gasteiger partial charge in [0, 0.05) is 52.9 Å². The molecule has 1 aliphatic carbocycles. The number of aliphatic imine (C=N–C) groups is 1. The van der Waals surface area contributed by atoms with Crippen molar-refractivity contribution in [3.8, 4) is 0 Å². The number of carbonyl (C=O) groups is 2. The topological polar surface area (TPSA) is 127 Å². The number of carboxylic acid groups (broad SMARTS) is 1. The van der Waals surface area contributed by atoms with Crippen LogP contribution in [0.1, 0.15) is 98.3 Å². The van der Waals surface area contributed by atoms with E-state index < -0.39 is 14.9 Å². The summed E-state index contributed by atoms with van der Waals surface area (Å²) in [6.45, 7) is 9.45. The fraction of sp³-hybridized carbons (Fsp3) is 0.893. The largest absolute Gasteiger partial charge is 0.500 e. The van der Waals surface area contributed by atoms with Gasteiger partial charge in [0.15, 0.2) is 0 Å². The van der Waals surface area contributed by atoms with E-state index in [1.165, 1.54) is 0 Å². The lowest BCUT2D eigenvalue weighted by atomic mass is 9.62. The third kappa shape index (κ3) is 12.5. The summed E-state index contributed by atoms with van der Waals surface area (Å²) >= 11 is 0. The third-order valence-corrected chi connectivity index (χ3v) is 10.7. The van der Waals surface area contributed by atoms with Crippen molar-refractivity contribution in [2.75, 3.05) is 34.4 Å². The van der Waals surface area contributed by atoms with Gasteiger partial charge in [-0.2, -0.15) is 0 Å². The smallest absolute Gasteiger partial charge is 0.465 e. The first-order valence-electron chi connectivity index (χ1n) is 14.4. The summed E-state index contributed by atoms with van der Waals surface area (Å²) in [5.41, 5.74) is -0.341. The average Bonchev–Trinajstić information content (AvgIpc) is 2.86. The summed E-state index contributed by atoms with van der Waals surface area (Å²) in [5.74, 6) is -0.0424. The maximum atomic E-state index is 12.5. The molecule has 2 N–H and O–H groups in total. The molecule has 0 spiro atoms. The molecule has 0 radical (unpaired) electrons. The van der Waals surface area contributed by atoms with Gasteiger partial charge >= 0.3 is 14.9 Å². The lowest BCUT2D eigenvalue weighted by molar-refractivity contribution is -0.121. The van der Waals surface area contributed by atoms with Crippen molar-refractivity contribution in [1.82, 2.24) is 10.2 Å². The lowest BCUT2D eigenvalue weighted by Gasteiger charge is -2.47. The Bertz CT molecular complexity index is 794. The van der Waals surface area contributed by atoms with E-state index in [0.29, 0.717) is 51.2 Å². The van der Waals surface area contributed by atoms with Gasteiger partial charge in [0.1, 0.15) is 0 Å². The van der Waals surface area contributed by atoms with E-state index in [1.54, 1.807) is 32.3 Å². The van der Waals surface area contributed by atoms with Crippen molar-refractivity contribution in [2.45, 2.75) is 116 Å². The quantitative estimate of drug-likeness (QED) is 0.0921. The van der Waals surface area contributed by atoms with Crippen molar-refractivity contribution in [2.24, 2.45) is 15.8 Å². The number of nitrogens with zero attached hydrogens (tertiary/aromatic N) is 2. The highest BCUT2D eigenvalue weighted by Gasteiger charge is 2.44. The molecule has 0 aromatic heterocycles. The van der Waals surface area contributed by atoms with E-state index in [9.17, 15) is 19.5 Å². The molecule has 0 saturated heterocycles. The van der Waals surface area contributed by atoms with Gasteiger partial charge in [0.2, 0.25) is 12.0 Å². The maximum absolute atomic E-state index is 12.5. The van der Waals surface area contributed by atoms with Gasteiger partial charge < -0.3 is 28.6 Å². The molecule has 3 unspecified atom stereocenters. The van der Waals surface area contributed by atoms with Crippen LogP contribution in [0.5, 0.6) is 0 Å². The standard InChI is InChI=1S/C28H53N3O7Si/c1-8-9-10-13-24(14-11-15-25(33)29-16-12-17-39(36-5,37-6)38-7)31(26(34)35)21-28(4)19-23(30-22-32)18-27(2,3)20-28/h23-24H,8-21H2,1-7H3,(H,29,33)(H,34,35). The average molecular weight is 572 g/mol. The van der Waals surface area contributed by atoms with Crippen LogP contribution < -0.4 is 5.32 Å². The Morgan fingerprint density at radius 3 is 2.28 bits per heavy atom. The molecule has 0 bridgehead atoms. The number of rotatable bonds is 19. The minimum atomic E-state index is -2.65. The van der Waals surface area contributed by atoms with E-state index in [2.05, 4.69) is 38.0 Å². The van der Waals surface area contributed by atoms with E-state index >= 15 is 0 Å². The van der Waals surface area contributed by atoms with Crippen LogP contribution in [0.15, 0.2) is 4.99 Å². The number of carbonyl (C=O) groups excluding carboxylic acids is 2. The van der Waals surface area contributed by atoms with Crippen molar-refractivity contribution in [3.63, 3.8) is 0 Å². The van der Waals surface area contributed by atoms with Gasteiger partial charge in [-0.3, -0.25) is 4.79 Å². The van der Waals surface area contributed by atoms with Gasteiger partial charge in [-0.1, -0.05) is 47.0 Å². The van der Waals surface area contributed by atoms with Crippen LogP contribution in [-0.2, 0) is 22.9 Å². The van der Waals surface area contributed by atoms with Gasteiger partial charge in [-0.05, 0) is 55.8 Å². The van der Waals surface area contributed by atoms with E-state index in [0.717, 1.165) is 38.5 Å². The number of hydrogen-bond acceptors (Lipinski definition) is 7. The van der Waals surface area contributed by atoms with E-state index in [1.807, 2.05) is 0 Å². The van der Waals surface area contributed by atoms with Crippen molar-refractivity contribution in [1.29, 1.82) is 0 Å². The molecule has 0 aliphatic heterocycles. The van der Waals surface area contributed by atoms with Crippen LogP contribution in [0.4, 0.5) is 4.79 Å². The zero-order valence-corrected chi connectivity index (χ0v) is 26.3. The lowest BCUT2D eigenvalue weighted by Crippen LogP contribution is -2.49. The number of unbranched alkanes of at least 4 members (excludes halogenated alkanes) is 2. The molecule has 39 heavy (non-hydrogen) atoms. The minimum absolute atomic E-state index is 0.0424. The number of isocyanates is 1.